The van der Waals surface area contributed by atoms with Crippen molar-refractivity contribution in [3.63, 3.8) is 0 Å². The number of sulfone groups is 1. The molecule has 0 saturated carbocycles. The molecular weight excluding hydrogens is 296 g/mol. The number of ketones is 1. The van der Waals surface area contributed by atoms with E-state index in [1.807, 2.05) is 6.92 Å². The Bertz CT molecular complexity index is 762. The van der Waals surface area contributed by atoms with Crippen LogP contribution in [0.5, 0.6) is 0 Å². The fourth-order valence-electron chi connectivity index (χ4n) is 1.75. The molecule has 0 aliphatic carbocycles. The van der Waals surface area contributed by atoms with Gasteiger partial charge in [0.1, 0.15) is 0 Å². The van der Waals surface area contributed by atoms with Crippen LogP contribution in [-0.4, -0.2) is 20.5 Å². The zero-order chi connectivity index (χ0) is 14.9. The molecule has 2 rings (SSSR count). The minimum absolute atomic E-state index is 0.188. The summed E-state index contributed by atoms with van der Waals surface area (Å²) < 4.78 is 22.7. The van der Waals surface area contributed by atoms with Crippen molar-refractivity contribution < 1.29 is 13.2 Å². The predicted molar refractivity (Wildman–Crippen MR) is 79.2 cm³/mol. The maximum absolute atomic E-state index is 12.3. The smallest absolute Gasteiger partial charge is 0.193 e. The molecule has 0 bridgehead atoms. The second-order valence-electron chi connectivity index (χ2n) is 4.59. The summed E-state index contributed by atoms with van der Waals surface area (Å²) in [5.41, 5.74) is 1.81. The Labute approximate surface area is 123 Å². The van der Waals surface area contributed by atoms with Crippen LogP contribution in [0.15, 0.2) is 47.4 Å². The third kappa shape index (κ3) is 3.08. The second kappa shape index (κ2) is 5.38. The average Bonchev–Trinajstić information content (AvgIpc) is 2.40. The zero-order valence-corrected chi connectivity index (χ0v) is 12.6. The number of rotatable bonds is 3. The minimum Gasteiger partial charge on any atom is -0.289 e. The maximum Gasteiger partial charge on any atom is 0.193 e. The number of aryl methyl sites for hydroxylation is 1. The number of hydrogen-bond acceptors (Lipinski definition) is 3. The van der Waals surface area contributed by atoms with Crippen LogP contribution in [0.4, 0.5) is 0 Å². The van der Waals surface area contributed by atoms with E-state index in [0.717, 1.165) is 11.8 Å². The highest BCUT2D eigenvalue weighted by molar-refractivity contribution is 7.90. The molecule has 3 nitrogen and oxygen atoms in total. The van der Waals surface area contributed by atoms with Crippen LogP contribution >= 0.6 is 11.6 Å². The SMILES string of the molecule is Cc1ccc(C(=O)c2ccc(S(C)(=O)=O)cc2)cc1Cl. The number of carbonyl (C=O) groups is 1. The van der Waals surface area contributed by atoms with Crippen molar-refractivity contribution in [2.24, 2.45) is 0 Å². The van der Waals surface area contributed by atoms with Crippen molar-refractivity contribution >= 4 is 27.2 Å². The van der Waals surface area contributed by atoms with Crippen molar-refractivity contribution in [1.29, 1.82) is 0 Å². The molecule has 5 heteroatoms. The summed E-state index contributed by atoms with van der Waals surface area (Å²) in [5.74, 6) is -0.188. The fourth-order valence-corrected chi connectivity index (χ4v) is 2.57. The Morgan fingerprint density at radius 1 is 1.00 bits per heavy atom. The van der Waals surface area contributed by atoms with Crippen LogP contribution in [0.25, 0.3) is 0 Å². The molecule has 0 aliphatic rings. The number of hydrogen-bond donors (Lipinski definition) is 0. The van der Waals surface area contributed by atoms with Crippen LogP contribution in [0.1, 0.15) is 21.5 Å². The lowest BCUT2D eigenvalue weighted by molar-refractivity contribution is 0.103. The lowest BCUT2D eigenvalue weighted by atomic mass is 10.0. The molecule has 0 heterocycles. The molecule has 0 atom stereocenters. The highest BCUT2D eigenvalue weighted by Gasteiger charge is 2.12. The number of halogens is 1. The summed E-state index contributed by atoms with van der Waals surface area (Å²) in [7, 11) is -3.25. The molecule has 0 spiro atoms. The Kier molecular flexibility index (Phi) is 3.97. The first-order valence-electron chi connectivity index (χ1n) is 5.90. The van der Waals surface area contributed by atoms with Gasteiger partial charge in [-0.2, -0.15) is 0 Å². The van der Waals surface area contributed by atoms with E-state index in [1.165, 1.54) is 24.3 Å². The first-order valence-corrected chi connectivity index (χ1v) is 8.17. The summed E-state index contributed by atoms with van der Waals surface area (Å²) >= 11 is 6.00. The molecule has 0 saturated heterocycles. The summed E-state index contributed by atoms with van der Waals surface area (Å²) in [6, 6.07) is 11.0. The molecule has 0 aromatic heterocycles. The summed E-state index contributed by atoms with van der Waals surface area (Å²) in [6.45, 7) is 1.86. The first kappa shape index (κ1) is 14.8. The van der Waals surface area contributed by atoms with Crippen molar-refractivity contribution in [2.75, 3.05) is 6.26 Å². The largest absolute Gasteiger partial charge is 0.289 e. The number of carbonyl (C=O) groups excluding carboxylic acids is 1. The first-order chi connectivity index (χ1) is 9.29. The van der Waals surface area contributed by atoms with Crippen LogP contribution in [0, 0.1) is 6.92 Å². The monoisotopic (exact) mass is 308 g/mol. The van der Waals surface area contributed by atoms with Gasteiger partial charge in [-0.25, -0.2) is 8.42 Å². The van der Waals surface area contributed by atoms with Gasteiger partial charge in [-0.15, -0.1) is 0 Å². The van der Waals surface area contributed by atoms with E-state index in [2.05, 4.69) is 0 Å². The Morgan fingerprint density at radius 3 is 2.05 bits per heavy atom. The summed E-state index contributed by atoms with van der Waals surface area (Å²) in [5, 5.41) is 0.531. The number of benzene rings is 2. The second-order valence-corrected chi connectivity index (χ2v) is 7.01. The predicted octanol–water partition coefficient (Wildman–Crippen LogP) is 3.28. The van der Waals surface area contributed by atoms with E-state index in [9.17, 15) is 13.2 Å². The standard InChI is InChI=1S/C15H13ClO3S/c1-10-3-4-12(9-14(10)16)15(17)11-5-7-13(8-6-11)20(2,18)19/h3-9H,1-2H3. The molecule has 0 fully saturated rings. The third-order valence-corrected chi connectivity index (χ3v) is 4.51. The van der Waals surface area contributed by atoms with Gasteiger partial charge >= 0.3 is 0 Å². The van der Waals surface area contributed by atoms with E-state index in [4.69, 9.17) is 11.6 Å². The Balaban J connectivity index is 2.36. The van der Waals surface area contributed by atoms with E-state index in [0.29, 0.717) is 16.1 Å². The fraction of sp³-hybridized carbons (Fsp3) is 0.133. The lowest BCUT2D eigenvalue weighted by Crippen LogP contribution is -2.03. The van der Waals surface area contributed by atoms with E-state index in [-0.39, 0.29) is 10.7 Å². The van der Waals surface area contributed by atoms with E-state index >= 15 is 0 Å². The topological polar surface area (TPSA) is 51.2 Å². The zero-order valence-electron chi connectivity index (χ0n) is 11.1. The molecule has 0 radical (unpaired) electrons. The van der Waals surface area contributed by atoms with Gasteiger partial charge in [-0.05, 0) is 42.8 Å². The molecule has 0 unspecified atom stereocenters. The summed E-state index contributed by atoms with van der Waals surface area (Å²) in [6.07, 6.45) is 1.13. The normalized spacial score (nSPS) is 11.3. The van der Waals surface area contributed by atoms with Gasteiger partial charge in [0.05, 0.1) is 4.90 Å². The van der Waals surface area contributed by atoms with Gasteiger partial charge in [0, 0.05) is 22.4 Å². The van der Waals surface area contributed by atoms with Gasteiger partial charge in [0.2, 0.25) is 0 Å². The Morgan fingerprint density at radius 2 is 1.55 bits per heavy atom. The van der Waals surface area contributed by atoms with Crippen LogP contribution in [-0.2, 0) is 9.84 Å². The van der Waals surface area contributed by atoms with Crippen molar-refractivity contribution in [2.45, 2.75) is 11.8 Å². The van der Waals surface area contributed by atoms with Crippen LogP contribution in [0.2, 0.25) is 5.02 Å². The van der Waals surface area contributed by atoms with Crippen molar-refractivity contribution in [3.8, 4) is 0 Å². The van der Waals surface area contributed by atoms with Crippen molar-refractivity contribution in [3.05, 3.63) is 64.2 Å². The molecule has 104 valence electrons. The molecule has 0 N–H and O–H groups in total. The maximum atomic E-state index is 12.3. The van der Waals surface area contributed by atoms with Gasteiger partial charge < -0.3 is 0 Å². The molecule has 0 amide bonds. The highest BCUT2D eigenvalue weighted by atomic mass is 35.5. The quantitative estimate of drug-likeness (QED) is 0.818. The van der Waals surface area contributed by atoms with Crippen LogP contribution < -0.4 is 0 Å². The van der Waals surface area contributed by atoms with E-state index < -0.39 is 9.84 Å². The molecule has 2 aromatic rings. The average molecular weight is 309 g/mol. The third-order valence-electron chi connectivity index (χ3n) is 2.98. The van der Waals surface area contributed by atoms with Crippen molar-refractivity contribution in [1.82, 2.24) is 0 Å². The summed E-state index contributed by atoms with van der Waals surface area (Å²) in [4.78, 5) is 12.5. The minimum atomic E-state index is -3.25. The van der Waals surface area contributed by atoms with Gasteiger partial charge in [0.15, 0.2) is 15.6 Å². The Hall–Kier alpha value is -1.65. The van der Waals surface area contributed by atoms with Crippen LogP contribution in [0.3, 0.4) is 0 Å². The van der Waals surface area contributed by atoms with E-state index in [1.54, 1.807) is 18.2 Å². The van der Waals surface area contributed by atoms with Gasteiger partial charge in [-0.3, -0.25) is 4.79 Å². The molecule has 20 heavy (non-hydrogen) atoms. The molecule has 0 aliphatic heterocycles. The van der Waals surface area contributed by atoms with Gasteiger partial charge in [0.25, 0.3) is 0 Å². The molecule has 2 aromatic carbocycles. The lowest BCUT2D eigenvalue weighted by Gasteiger charge is -2.05. The van der Waals surface area contributed by atoms with Gasteiger partial charge in [-0.1, -0.05) is 23.7 Å². The highest BCUT2D eigenvalue weighted by Crippen LogP contribution is 2.20. The molecular formula is C15H13ClO3S.